The molecule has 2 heteroatoms. The Hall–Kier alpha value is -2.09. The van der Waals surface area contributed by atoms with Crippen molar-refractivity contribution in [3.63, 3.8) is 0 Å². The number of benzene rings is 2. The second kappa shape index (κ2) is 6.38. The quantitative estimate of drug-likeness (QED) is 0.764. The lowest BCUT2D eigenvalue weighted by molar-refractivity contribution is 0.0933. The number of aryl methyl sites for hydroxylation is 1. The summed E-state index contributed by atoms with van der Waals surface area (Å²) < 4.78 is 0. The van der Waals surface area contributed by atoms with Gasteiger partial charge in [0.05, 0.1) is 0 Å². The van der Waals surface area contributed by atoms with Gasteiger partial charge in [-0.3, -0.25) is 4.79 Å². The Balaban J connectivity index is 2.06. The van der Waals surface area contributed by atoms with E-state index in [-0.39, 0.29) is 11.7 Å². The lowest BCUT2D eigenvalue weighted by Crippen LogP contribution is -2.29. The van der Waals surface area contributed by atoms with Crippen LogP contribution in [0.2, 0.25) is 0 Å². The summed E-state index contributed by atoms with van der Waals surface area (Å²) in [4.78, 5) is 14.5. The maximum Gasteiger partial charge on any atom is 0.167 e. The Kier molecular flexibility index (Phi) is 4.57. The summed E-state index contributed by atoms with van der Waals surface area (Å²) in [5.41, 5.74) is 3.20. The number of nitrogens with zero attached hydrogens (tertiary/aromatic N) is 1. The van der Waals surface area contributed by atoms with Crippen molar-refractivity contribution in [1.29, 1.82) is 0 Å². The molecule has 2 rings (SSSR count). The first-order chi connectivity index (χ1) is 9.59. The smallest absolute Gasteiger partial charge is 0.167 e. The zero-order valence-electron chi connectivity index (χ0n) is 12.3. The summed E-state index contributed by atoms with van der Waals surface area (Å²) in [6.07, 6.45) is 0. The summed E-state index contributed by atoms with van der Waals surface area (Å²) in [6, 6.07) is 17.8. The van der Waals surface area contributed by atoms with Gasteiger partial charge in [0, 0.05) is 30.8 Å². The molecule has 0 aliphatic carbocycles. The predicted molar refractivity (Wildman–Crippen MR) is 84.4 cm³/mol. The van der Waals surface area contributed by atoms with Crippen molar-refractivity contribution in [2.24, 2.45) is 5.92 Å². The molecule has 20 heavy (non-hydrogen) atoms. The number of anilines is 1. The van der Waals surface area contributed by atoms with Gasteiger partial charge in [0.15, 0.2) is 5.78 Å². The number of carbonyl (C=O) groups is 1. The molecule has 0 heterocycles. The molecule has 0 aliphatic heterocycles. The highest BCUT2D eigenvalue weighted by atomic mass is 16.1. The fraction of sp³-hybridized carbons (Fsp3) is 0.278. The van der Waals surface area contributed by atoms with Crippen LogP contribution in [0.5, 0.6) is 0 Å². The maximum absolute atomic E-state index is 12.4. The van der Waals surface area contributed by atoms with Crippen molar-refractivity contribution in [2.45, 2.75) is 13.8 Å². The molecule has 104 valence electrons. The lowest BCUT2D eigenvalue weighted by atomic mass is 9.98. The van der Waals surface area contributed by atoms with E-state index in [0.717, 1.165) is 12.1 Å². The van der Waals surface area contributed by atoms with Crippen LogP contribution in [0.1, 0.15) is 22.8 Å². The Morgan fingerprint density at radius 3 is 2.30 bits per heavy atom. The molecule has 0 N–H and O–H groups in total. The van der Waals surface area contributed by atoms with E-state index in [9.17, 15) is 4.79 Å². The summed E-state index contributed by atoms with van der Waals surface area (Å²) >= 11 is 0. The zero-order chi connectivity index (χ0) is 14.5. The molecule has 0 spiro atoms. The molecule has 1 atom stereocenters. The van der Waals surface area contributed by atoms with Crippen LogP contribution in [0.3, 0.4) is 0 Å². The minimum atomic E-state index is -0.0259. The van der Waals surface area contributed by atoms with Gasteiger partial charge in [-0.15, -0.1) is 0 Å². The number of hydrogen-bond donors (Lipinski definition) is 0. The van der Waals surface area contributed by atoms with Crippen LogP contribution in [-0.2, 0) is 0 Å². The Morgan fingerprint density at radius 2 is 1.65 bits per heavy atom. The molecule has 0 fully saturated rings. The summed E-state index contributed by atoms with van der Waals surface area (Å²) in [5.74, 6) is 0.174. The molecule has 2 nitrogen and oxygen atoms in total. The average Bonchev–Trinajstić information content (AvgIpc) is 2.47. The zero-order valence-corrected chi connectivity index (χ0v) is 12.3. The third kappa shape index (κ3) is 3.27. The van der Waals surface area contributed by atoms with Crippen molar-refractivity contribution < 1.29 is 4.79 Å². The van der Waals surface area contributed by atoms with E-state index >= 15 is 0 Å². The SMILES string of the molecule is Cc1ccccc1N(C)CC(C)C(=O)c1ccccc1. The number of carbonyl (C=O) groups excluding carboxylic acids is 1. The van der Waals surface area contributed by atoms with Crippen molar-refractivity contribution >= 4 is 11.5 Å². The Bertz CT molecular complexity index is 577. The monoisotopic (exact) mass is 267 g/mol. The normalized spacial score (nSPS) is 11.9. The van der Waals surface area contributed by atoms with Gasteiger partial charge in [-0.1, -0.05) is 55.5 Å². The molecule has 0 radical (unpaired) electrons. The second-order valence-electron chi connectivity index (χ2n) is 5.30. The van der Waals surface area contributed by atoms with Crippen LogP contribution in [0.4, 0.5) is 5.69 Å². The van der Waals surface area contributed by atoms with Gasteiger partial charge < -0.3 is 4.90 Å². The number of rotatable bonds is 5. The van der Waals surface area contributed by atoms with Crippen molar-refractivity contribution in [1.82, 2.24) is 0 Å². The third-order valence-corrected chi connectivity index (χ3v) is 3.58. The largest absolute Gasteiger partial charge is 0.374 e. The minimum Gasteiger partial charge on any atom is -0.374 e. The van der Waals surface area contributed by atoms with Gasteiger partial charge in [0.25, 0.3) is 0 Å². The topological polar surface area (TPSA) is 20.3 Å². The Labute approximate surface area is 121 Å². The van der Waals surface area contributed by atoms with Crippen LogP contribution in [0.25, 0.3) is 0 Å². The first-order valence-corrected chi connectivity index (χ1v) is 6.95. The van der Waals surface area contributed by atoms with Crippen molar-refractivity contribution in [3.8, 4) is 0 Å². The molecule has 0 aliphatic rings. The van der Waals surface area contributed by atoms with Gasteiger partial charge in [0.1, 0.15) is 0 Å². The molecule has 2 aromatic carbocycles. The second-order valence-corrected chi connectivity index (χ2v) is 5.30. The van der Waals surface area contributed by atoms with Crippen molar-refractivity contribution in [2.75, 3.05) is 18.5 Å². The highest BCUT2D eigenvalue weighted by Gasteiger charge is 2.17. The molecule has 1 unspecified atom stereocenters. The van der Waals surface area contributed by atoms with E-state index < -0.39 is 0 Å². The van der Waals surface area contributed by atoms with Crippen LogP contribution in [0, 0.1) is 12.8 Å². The molecule has 0 bridgehead atoms. The van der Waals surface area contributed by atoms with Gasteiger partial charge in [0.2, 0.25) is 0 Å². The number of ketones is 1. The van der Waals surface area contributed by atoms with E-state index in [1.807, 2.05) is 56.4 Å². The molecule has 0 aromatic heterocycles. The fourth-order valence-electron chi connectivity index (χ4n) is 2.47. The molecule has 0 amide bonds. The van der Waals surface area contributed by atoms with E-state index in [2.05, 4.69) is 24.0 Å². The lowest BCUT2D eigenvalue weighted by Gasteiger charge is -2.24. The summed E-state index contributed by atoms with van der Waals surface area (Å²) in [5, 5.41) is 0. The van der Waals surface area contributed by atoms with Gasteiger partial charge in [-0.2, -0.15) is 0 Å². The molecular weight excluding hydrogens is 246 g/mol. The minimum absolute atomic E-state index is 0.0259. The van der Waals surface area contributed by atoms with E-state index in [1.54, 1.807) is 0 Å². The van der Waals surface area contributed by atoms with Crippen LogP contribution < -0.4 is 4.90 Å². The van der Waals surface area contributed by atoms with Crippen molar-refractivity contribution in [3.05, 3.63) is 65.7 Å². The highest BCUT2D eigenvalue weighted by Crippen LogP contribution is 2.20. The molecule has 0 saturated carbocycles. The van der Waals surface area contributed by atoms with Gasteiger partial charge in [-0.05, 0) is 18.6 Å². The number of Topliss-reactive ketones (excluding diaryl/α,β-unsaturated/α-hetero) is 1. The summed E-state index contributed by atoms with van der Waals surface area (Å²) in [7, 11) is 2.04. The molecule has 2 aromatic rings. The van der Waals surface area contributed by atoms with Gasteiger partial charge in [-0.25, -0.2) is 0 Å². The van der Waals surface area contributed by atoms with Crippen LogP contribution in [0.15, 0.2) is 54.6 Å². The van der Waals surface area contributed by atoms with E-state index in [0.29, 0.717) is 0 Å². The van der Waals surface area contributed by atoms with Crippen LogP contribution >= 0.6 is 0 Å². The molecule has 0 saturated heterocycles. The first kappa shape index (κ1) is 14.3. The predicted octanol–water partition coefficient (Wildman–Crippen LogP) is 3.95. The number of para-hydroxylation sites is 1. The van der Waals surface area contributed by atoms with Crippen LogP contribution in [-0.4, -0.2) is 19.4 Å². The third-order valence-electron chi connectivity index (χ3n) is 3.58. The maximum atomic E-state index is 12.4. The Morgan fingerprint density at radius 1 is 1.05 bits per heavy atom. The number of hydrogen-bond acceptors (Lipinski definition) is 2. The fourth-order valence-corrected chi connectivity index (χ4v) is 2.47. The average molecular weight is 267 g/mol. The first-order valence-electron chi connectivity index (χ1n) is 6.95. The highest BCUT2D eigenvalue weighted by molar-refractivity contribution is 5.97. The van der Waals surface area contributed by atoms with E-state index in [1.165, 1.54) is 11.3 Å². The summed E-state index contributed by atoms with van der Waals surface area (Å²) in [6.45, 7) is 4.80. The standard InChI is InChI=1S/C18H21NO/c1-14-9-7-8-12-17(14)19(3)13-15(2)18(20)16-10-5-4-6-11-16/h4-12,15H,13H2,1-3H3. The van der Waals surface area contributed by atoms with Gasteiger partial charge >= 0.3 is 0 Å². The van der Waals surface area contributed by atoms with E-state index in [4.69, 9.17) is 0 Å². The molecular formula is C18H21NO.